The van der Waals surface area contributed by atoms with E-state index in [1.54, 1.807) is 6.92 Å². The van der Waals surface area contributed by atoms with Crippen molar-refractivity contribution in [1.82, 2.24) is 0 Å². The molecule has 0 radical (unpaired) electrons. The van der Waals surface area contributed by atoms with E-state index in [9.17, 15) is 4.79 Å². The summed E-state index contributed by atoms with van der Waals surface area (Å²) >= 11 is 0. The fraction of sp³-hybridized carbons (Fsp3) is 0.150. The maximum atomic E-state index is 11.4. The third kappa shape index (κ3) is 2.00. The first-order valence-corrected chi connectivity index (χ1v) is 7.62. The van der Waals surface area contributed by atoms with Crippen molar-refractivity contribution in [3.05, 3.63) is 63.7 Å². The number of allylic oxidation sites excluding steroid dienone is 3. The third-order valence-corrected chi connectivity index (χ3v) is 4.29. The minimum atomic E-state index is -0.190. The van der Waals surface area contributed by atoms with Gasteiger partial charge in [0, 0.05) is 6.42 Å². The smallest absolute Gasteiger partial charge is 0.310 e. The van der Waals surface area contributed by atoms with Crippen molar-refractivity contribution in [2.24, 2.45) is 0 Å². The molecule has 0 N–H and O–H groups in total. The number of benzene rings is 2. The second-order valence-electron chi connectivity index (χ2n) is 5.61. The summed E-state index contributed by atoms with van der Waals surface area (Å²) in [6.07, 6.45) is 11.5. The molecule has 0 saturated carbocycles. The molecule has 2 nitrogen and oxygen atoms in total. The molecule has 4 rings (SSSR count). The second-order valence-corrected chi connectivity index (χ2v) is 5.61. The number of hydrogen-bond acceptors (Lipinski definition) is 2. The quantitative estimate of drug-likeness (QED) is 0.794. The summed E-state index contributed by atoms with van der Waals surface area (Å²) in [5.41, 5.74) is 2.60. The van der Waals surface area contributed by atoms with Gasteiger partial charge in [-0.15, -0.1) is 0 Å². The highest BCUT2D eigenvalue weighted by molar-refractivity contribution is 5.96. The van der Waals surface area contributed by atoms with Crippen LogP contribution >= 0.6 is 0 Å². The first-order chi connectivity index (χ1) is 10.8. The van der Waals surface area contributed by atoms with Gasteiger partial charge in [-0.05, 0) is 50.9 Å². The van der Waals surface area contributed by atoms with Gasteiger partial charge < -0.3 is 4.74 Å². The van der Waals surface area contributed by atoms with Gasteiger partial charge in [-0.2, -0.15) is 0 Å². The molecule has 0 aromatic heterocycles. The van der Waals surface area contributed by atoms with E-state index in [2.05, 4.69) is 42.5 Å². The third-order valence-electron chi connectivity index (χ3n) is 4.29. The van der Waals surface area contributed by atoms with Crippen LogP contribution in [0.5, 0.6) is 0 Å². The number of esters is 1. The number of carbonyl (C=O) groups excluding carboxylic acids is 1. The average Bonchev–Trinajstić information content (AvgIpc) is 3.03. The molecule has 2 aliphatic rings. The number of carbonyl (C=O) groups is 1. The number of hydrogen-bond donors (Lipinski definition) is 0. The van der Waals surface area contributed by atoms with Crippen LogP contribution in [0.4, 0.5) is 0 Å². The topological polar surface area (TPSA) is 26.3 Å². The standard InChI is InChI=1S/C20H16O2/c1-2-20(21)22-15-8-11-17-14(12-15)7-10-18-16-5-3-4-13(16)6-9-19(17)18/h3-10,12H,2,11H2,1H3. The highest BCUT2D eigenvalue weighted by Gasteiger charge is 2.12. The van der Waals surface area contributed by atoms with Gasteiger partial charge in [-0.1, -0.05) is 49.4 Å². The lowest BCUT2D eigenvalue weighted by atomic mass is 9.94. The summed E-state index contributed by atoms with van der Waals surface area (Å²) in [6, 6.07) is 8.66. The van der Waals surface area contributed by atoms with E-state index in [1.807, 2.05) is 12.2 Å². The molecule has 108 valence electrons. The Morgan fingerprint density at radius 3 is 2.82 bits per heavy atom. The summed E-state index contributed by atoms with van der Waals surface area (Å²) in [5, 5.41) is 4.99. The maximum absolute atomic E-state index is 11.4. The molecule has 0 spiro atoms. The molecule has 2 aromatic carbocycles. The molecule has 0 heterocycles. The van der Waals surface area contributed by atoms with Gasteiger partial charge in [0.1, 0.15) is 5.76 Å². The van der Waals surface area contributed by atoms with E-state index in [0.717, 1.165) is 11.6 Å². The Morgan fingerprint density at radius 1 is 1.14 bits per heavy atom. The van der Waals surface area contributed by atoms with Crippen LogP contribution in [-0.2, 0) is 16.0 Å². The van der Waals surface area contributed by atoms with Crippen LogP contribution in [0.3, 0.4) is 0 Å². The summed E-state index contributed by atoms with van der Waals surface area (Å²) < 4.78 is 5.33. The van der Waals surface area contributed by atoms with Crippen molar-refractivity contribution in [3.8, 4) is 0 Å². The minimum Gasteiger partial charge on any atom is -0.427 e. The zero-order chi connectivity index (χ0) is 15.1. The Labute approximate surface area is 128 Å². The SMILES string of the molecule is CCC(=O)OC1=CCc2c(ccc3c4c(ccc23)=CC=C4)=C1. The van der Waals surface area contributed by atoms with Crippen molar-refractivity contribution in [3.63, 3.8) is 0 Å². The predicted molar refractivity (Wildman–Crippen MR) is 89.3 cm³/mol. The zero-order valence-electron chi connectivity index (χ0n) is 12.4. The summed E-state index contributed by atoms with van der Waals surface area (Å²) in [7, 11) is 0. The minimum absolute atomic E-state index is 0.190. The van der Waals surface area contributed by atoms with Crippen LogP contribution in [0.25, 0.3) is 29.0 Å². The van der Waals surface area contributed by atoms with Crippen LogP contribution < -0.4 is 10.4 Å². The normalized spacial score (nSPS) is 14.7. The van der Waals surface area contributed by atoms with E-state index < -0.39 is 0 Å². The highest BCUT2D eigenvalue weighted by atomic mass is 16.5. The highest BCUT2D eigenvalue weighted by Crippen LogP contribution is 2.23. The number of rotatable bonds is 2. The van der Waals surface area contributed by atoms with Crippen molar-refractivity contribution in [2.45, 2.75) is 19.8 Å². The summed E-state index contributed by atoms with van der Waals surface area (Å²) in [4.78, 5) is 11.4. The molecule has 22 heavy (non-hydrogen) atoms. The van der Waals surface area contributed by atoms with Gasteiger partial charge in [-0.25, -0.2) is 0 Å². The van der Waals surface area contributed by atoms with E-state index in [0.29, 0.717) is 12.2 Å². The Morgan fingerprint density at radius 2 is 1.95 bits per heavy atom. The van der Waals surface area contributed by atoms with Crippen molar-refractivity contribution >= 4 is 35.0 Å². The van der Waals surface area contributed by atoms with Crippen molar-refractivity contribution < 1.29 is 9.53 Å². The average molecular weight is 288 g/mol. The molecule has 2 heteroatoms. The van der Waals surface area contributed by atoms with Gasteiger partial charge in [0.05, 0.1) is 0 Å². The van der Waals surface area contributed by atoms with Crippen LogP contribution in [-0.4, -0.2) is 5.97 Å². The molecule has 0 amide bonds. The molecular weight excluding hydrogens is 272 g/mol. The van der Waals surface area contributed by atoms with Gasteiger partial charge in [0.15, 0.2) is 0 Å². The summed E-state index contributed by atoms with van der Waals surface area (Å²) in [6.45, 7) is 1.80. The molecular formula is C20H16O2. The van der Waals surface area contributed by atoms with Crippen molar-refractivity contribution in [1.29, 1.82) is 0 Å². The molecule has 0 saturated heterocycles. The molecule has 0 aliphatic heterocycles. The maximum Gasteiger partial charge on any atom is 0.310 e. The first kappa shape index (κ1) is 13.1. The zero-order valence-corrected chi connectivity index (χ0v) is 12.4. The monoisotopic (exact) mass is 288 g/mol. The van der Waals surface area contributed by atoms with Crippen molar-refractivity contribution in [2.75, 3.05) is 0 Å². The van der Waals surface area contributed by atoms with E-state index >= 15 is 0 Å². The lowest BCUT2D eigenvalue weighted by Gasteiger charge is -2.13. The first-order valence-electron chi connectivity index (χ1n) is 7.62. The number of fused-ring (bicyclic) bond motifs is 5. The van der Waals surface area contributed by atoms with Crippen LogP contribution in [0, 0.1) is 0 Å². The van der Waals surface area contributed by atoms with Crippen LogP contribution in [0.1, 0.15) is 24.5 Å². The molecule has 2 aromatic rings. The fourth-order valence-corrected chi connectivity index (χ4v) is 3.16. The molecule has 0 bridgehead atoms. The van der Waals surface area contributed by atoms with Gasteiger partial charge >= 0.3 is 5.97 Å². The van der Waals surface area contributed by atoms with E-state index in [4.69, 9.17) is 4.74 Å². The largest absolute Gasteiger partial charge is 0.427 e. The lowest BCUT2D eigenvalue weighted by molar-refractivity contribution is -0.138. The number of ether oxygens (including phenoxy) is 1. The van der Waals surface area contributed by atoms with Crippen LogP contribution in [0.2, 0.25) is 0 Å². The molecule has 0 unspecified atom stereocenters. The predicted octanol–water partition coefficient (Wildman–Crippen LogP) is 2.82. The Kier molecular flexibility index (Phi) is 2.97. The Bertz CT molecular complexity index is 975. The summed E-state index contributed by atoms with van der Waals surface area (Å²) in [5.74, 6) is 0.471. The molecule has 2 aliphatic carbocycles. The van der Waals surface area contributed by atoms with Gasteiger partial charge in [0.25, 0.3) is 0 Å². The van der Waals surface area contributed by atoms with Gasteiger partial charge in [0.2, 0.25) is 0 Å². The second kappa shape index (κ2) is 4.99. The molecule has 0 fully saturated rings. The Hall–Kier alpha value is -2.61. The Balaban J connectivity index is 1.86. The van der Waals surface area contributed by atoms with Gasteiger partial charge in [-0.3, -0.25) is 4.79 Å². The van der Waals surface area contributed by atoms with Crippen LogP contribution in [0.15, 0.2) is 42.2 Å². The fourth-order valence-electron chi connectivity index (χ4n) is 3.16. The van der Waals surface area contributed by atoms with E-state index in [1.165, 1.54) is 27.1 Å². The lowest BCUT2D eigenvalue weighted by Crippen LogP contribution is -2.16. The van der Waals surface area contributed by atoms with E-state index in [-0.39, 0.29) is 5.97 Å². The molecule has 0 atom stereocenters.